The van der Waals surface area contributed by atoms with Crippen molar-refractivity contribution in [2.24, 2.45) is 5.41 Å². The third-order valence-electron chi connectivity index (χ3n) is 3.05. The second kappa shape index (κ2) is 8.00. The number of nitriles is 1. The molecule has 1 atom stereocenters. The molecule has 4 nitrogen and oxygen atoms in total. The Morgan fingerprint density at radius 3 is 2.70 bits per heavy atom. The van der Waals surface area contributed by atoms with Crippen molar-refractivity contribution in [2.45, 2.75) is 19.8 Å². The van der Waals surface area contributed by atoms with Crippen LogP contribution in [0.25, 0.3) is 0 Å². The molecule has 0 bridgehead atoms. The van der Waals surface area contributed by atoms with Gasteiger partial charge in [0.25, 0.3) is 0 Å². The van der Waals surface area contributed by atoms with Gasteiger partial charge in [-0.2, -0.15) is 5.26 Å². The van der Waals surface area contributed by atoms with E-state index in [9.17, 15) is 10.1 Å². The molecule has 1 rings (SSSR count). The van der Waals surface area contributed by atoms with Gasteiger partial charge in [-0.15, -0.1) is 0 Å². The van der Waals surface area contributed by atoms with E-state index in [0.29, 0.717) is 19.4 Å². The highest BCUT2D eigenvalue weighted by Gasteiger charge is 2.36. The van der Waals surface area contributed by atoms with Gasteiger partial charge in [-0.25, -0.2) is 4.79 Å². The van der Waals surface area contributed by atoms with E-state index >= 15 is 0 Å². The van der Waals surface area contributed by atoms with E-state index in [2.05, 4.69) is 11.4 Å². The molecule has 0 fully saturated rings. The average molecular weight is 272 g/mol. The van der Waals surface area contributed by atoms with Crippen LogP contribution in [-0.2, 0) is 9.53 Å². The maximum atomic E-state index is 11.8. The highest BCUT2D eigenvalue weighted by molar-refractivity contribution is 5.82. The lowest BCUT2D eigenvalue weighted by atomic mass is 9.84. The summed E-state index contributed by atoms with van der Waals surface area (Å²) in [4.78, 5) is 11.8. The molecule has 0 saturated heterocycles. The SMILES string of the molecule is C/C=C/C(C#N)(CCCNc1ccccc1)C(=O)OC. The van der Waals surface area contributed by atoms with Crippen molar-refractivity contribution in [1.82, 2.24) is 0 Å². The van der Waals surface area contributed by atoms with Gasteiger partial charge in [0.05, 0.1) is 13.2 Å². The van der Waals surface area contributed by atoms with Crippen LogP contribution < -0.4 is 5.32 Å². The molecule has 0 spiro atoms. The van der Waals surface area contributed by atoms with E-state index in [1.54, 1.807) is 19.1 Å². The monoisotopic (exact) mass is 272 g/mol. The Morgan fingerprint density at radius 1 is 1.45 bits per heavy atom. The van der Waals surface area contributed by atoms with Gasteiger partial charge in [0.2, 0.25) is 0 Å². The van der Waals surface area contributed by atoms with Crippen molar-refractivity contribution in [3.8, 4) is 6.07 Å². The predicted molar refractivity (Wildman–Crippen MR) is 79.0 cm³/mol. The Kier molecular flexibility index (Phi) is 6.31. The molecule has 1 aromatic rings. The zero-order valence-electron chi connectivity index (χ0n) is 11.9. The largest absolute Gasteiger partial charge is 0.468 e. The summed E-state index contributed by atoms with van der Waals surface area (Å²) in [6, 6.07) is 11.9. The number of benzene rings is 1. The molecule has 1 aromatic carbocycles. The van der Waals surface area contributed by atoms with Gasteiger partial charge in [-0.1, -0.05) is 30.4 Å². The molecule has 0 radical (unpaired) electrons. The van der Waals surface area contributed by atoms with Crippen LogP contribution in [0.15, 0.2) is 42.5 Å². The number of nitrogens with zero attached hydrogens (tertiary/aromatic N) is 1. The number of para-hydroxylation sites is 1. The number of hydrogen-bond acceptors (Lipinski definition) is 4. The van der Waals surface area contributed by atoms with E-state index in [4.69, 9.17) is 4.74 Å². The van der Waals surface area contributed by atoms with Crippen LogP contribution >= 0.6 is 0 Å². The van der Waals surface area contributed by atoms with Crippen LogP contribution in [0.4, 0.5) is 5.69 Å². The minimum absolute atomic E-state index is 0.431. The van der Waals surface area contributed by atoms with E-state index in [-0.39, 0.29) is 0 Å². The van der Waals surface area contributed by atoms with Gasteiger partial charge in [0.15, 0.2) is 5.41 Å². The zero-order chi connectivity index (χ0) is 14.8. The first kappa shape index (κ1) is 15.8. The number of carbonyl (C=O) groups is 1. The summed E-state index contributed by atoms with van der Waals surface area (Å²) in [5.41, 5.74) is -0.152. The van der Waals surface area contributed by atoms with Gasteiger partial charge in [0, 0.05) is 12.2 Å². The number of esters is 1. The lowest BCUT2D eigenvalue weighted by Gasteiger charge is -2.20. The standard InChI is InChI=1S/C16H20N2O2/c1-3-10-16(13-17,15(19)20-2)11-7-12-18-14-8-5-4-6-9-14/h3-6,8-10,18H,7,11-12H2,1-2H3/b10-3+. The maximum absolute atomic E-state index is 11.8. The van der Waals surface area contributed by atoms with Crippen molar-refractivity contribution in [1.29, 1.82) is 5.26 Å². The fourth-order valence-electron chi connectivity index (χ4n) is 2.01. The molecule has 106 valence electrons. The molecular weight excluding hydrogens is 252 g/mol. The van der Waals surface area contributed by atoms with E-state index < -0.39 is 11.4 Å². The highest BCUT2D eigenvalue weighted by Crippen LogP contribution is 2.27. The van der Waals surface area contributed by atoms with E-state index in [0.717, 1.165) is 5.69 Å². The Labute approximate surface area is 120 Å². The number of carbonyl (C=O) groups excluding carboxylic acids is 1. The molecule has 0 heterocycles. The summed E-state index contributed by atoms with van der Waals surface area (Å²) in [6.45, 7) is 2.49. The Hall–Kier alpha value is -2.28. The zero-order valence-corrected chi connectivity index (χ0v) is 11.9. The van der Waals surface area contributed by atoms with Crippen LogP contribution in [0.1, 0.15) is 19.8 Å². The number of nitrogens with one attached hydrogen (secondary N) is 1. The van der Waals surface area contributed by atoms with Crippen molar-refractivity contribution in [2.75, 3.05) is 19.0 Å². The minimum Gasteiger partial charge on any atom is -0.468 e. The molecular formula is C16H20N2O2. The molecule has 20 heavy (non-hydrogen) atoms. The summed E-state index contributed by atoms with van der Waals surface area (Å²) in [5, 5.41) is 12.6. The summed E-state index contributed by atoms with van der Waals surface area (Å²) in [7, 11) is 1.31. The molecule has 0 amide bonds. The number of hydrogen-bond donors (Lipinski definition) is 1. The first-order valence-corrected chi connectivity index (χ1v) is 6.61. The topological polar surface area (TPSA) is 62.1 Å². The lowest BCUT2D eigenvalue weighted by molar-refractivity contribution is -0.147. The van der Waals surface area contributed by atoms with Crippen LogP contribution in [0.2, 0.25) is 0 Å². The summed E-state index contributed by atoms with van der Waals surface area (Å²) in [5.74, 6) is -0.502. The molecule has 0 aliphatic rings. The van der Waals surface area contributed by atoms with Gasteiger partial charge in [-0.3, -0.25) is 0 Å². The Balaban J connectivity index is 2.55. The molecule has 4 heteroatoms. The highest BCUT2D eigenvalue weighted by atomic mass is 16.5. The predicted octanol–water partition coefficient (Wildman–Crippen LogP) is 3.14. The molecule has 1 unspecified atom stereocenters. The minimum atomic E-state index is -1.18. The normalized spacial score (nSPS) is 13.4. The fourth-order valence-corrected chi connectivity index (χ4v) is 2.01. The van der Waals surface area contributed by atoms with Crippen LogP contribution in [0.3, 0.4) is 0 Å². The molecule has 0 saturated carbocycles. The average Bonchev–Trinajstić information content (AvgIpc) is 2.50. The second-order valence-corrected chi connectivity index (χ2v) is 4.47. The van der Waals surface area contributed by atoms with Crippen LogP contribution in [-0.4, -0.2) is 19.6 Å². The van der Waals surface area contributed by atoms with E-state index in [1.165, 1.54) is 7.11 Å². The van der Waals surface area contributed by atoms with E-state index in [1.807, 2.05) is 30.3 Å². The summed E-state index contributed by atoms with van der Waals surface area (Å²) >= 11 is 0. The summed E-state index contributed by atoms with van der Waals surface area (Å²) in [6.07, 6.45) is 4.45. The Bertz CT molecular complexity index is 491. The van der Waals surface area contributed by atoms with Crippen molar-refractivity contribution >= 4 is 11.7 Å². The van der Waals surface area contributed by atoms with Crippen molar-refractivity contribution in [3.63, 3.8) is 0 Å². The number of allylic oxidation sites excluding steroid dienone is 1. The molecule has 1 N–H and O–H groups in total. The number of methoxy groups -OCH3 is 1. The van der Waals surface area contributed by atoms with Gasteiger partial charge in [0.1, 0.15) is 0 Å². The first-order valence-electron chi connectivity index (χ1n) is 6.61. The van der Waals surface area contributed by atoms with Crippen LogP contribution in [0.5, 0.6) is 0 Å². The Morgan fingerprint density at radius 2 is 2.15 bits per heavy atom. The maximum Gasteiger partial charge on any atom is 0.330 e. The van der Waals surface area contributed by atoms with Crippen molar-refractivity contribution < 1.29 is 9.53 Å². The third kappa shape index (κ3) is 4.13. The third-order valence-corrected chi connectivity index (χ3v) is 3.05. The quantitative estimate of drug-likeness (QED) is 0.470. The number of anilines is 1. The summed E-state index contributed by atoms with van der Waals surface area (Å²) < 4.78 is 4.74. The number of rotatable bonds is 7. The van der Waals surface area contributed by atoms with Gasteiger partial charge in [-0.05, 0) is 31.9 Å². The van der Waals surface area contributed by atoms with Crippen LogP contribution in [0, 0.1) is 16.7 Å². The lowest BCUT2D eigenvalue weighted by Crippen LogP contribution is -2.29. The van der Waals surface area contributed by atoms with Gasteiger partial charge >= 0.3 is 5.97 Å². The van der Waals surface area contributed by atoms with Crippen molar-refractivity contribution in [3.05, 3.63) is 42.5 Å². The fraction of sp³-hybridized carbons (Fsp3) is 0.375. The second-order valence-electron chi connectivity index (χ2n) is 4.47. The smallest absolute Gasteiger partial charge is 0.330 e. The molecule has 0 aliphatic carbocycles. The molecule has 0 aliphatic heterocycles. The van der Waals surface area contributed by atoms with Gasteiger partial charge < -0.3 is 10.1 Å². The first-order chi connectivity index (χ1) is 9.68. The number of ether oxygens (including phenoxy) is 1. The molecule has 0 aromatic heterocycles.